The third-order valence-electron chi connectivity index (χ3n) is 2.52. The molecule has 1 heterocycles. The van der Waals surface area contributed by atoms with Crippen LogP contribution < -0.4 is 5.73 Å². The van der Waals surface area contributed by atoms with E-state index >= 15 is 0 Å². The predicted octanol–water partition coefficient (Wildman–Crippen LogP) is 3.11. The Morgan fingerprint density at radius 3 is 2.68 bits per heavy atom. The Balaban J connectivity index is 2.17. The number of amidine groups is 1. The summed E-state index contributed by atoms with van der Waals surface area (Å²) in [6.07, 6.45) is 6.41. The van der Waals surface area contributed by atoms with Gasteiger partial charge in [0.2, 0.25) is 0 Å². The number of aromatic nitrogens is 2. The fourth-order valence-electron chi connectivity index (χ4n) is 1.65. The first-order valence-electron chi connectivity index (χ1n) is 6.86. The number of hydrogen-bond donors (Lipinski definition) is 1. The summed E-state index contributed by atoms with van der Waals surface area (Å²) in [5.74, 6) is 0.241. The first-order valence-corrected chi connectivity index (χ1v) is 7.68. The van der Waals surface area contributed by atoms with E-state index in [1.807, 2.05) is 18.2 Å². The van der Waals surface area contributed by atoms with Gasteiger partial charge in [0.15, 0.2) is 5.84 Å². The van der Waals surface area contributed by atoms with E-state index < -0.39 is 0 Å². The zero-order valence-corrected chi connectivity index (χ0v) is 13.7. The van der Waals surface area contributed by atoms with Crippen LogP contribution >= 0.6 is 11.8 Å². The van der Waals surface area contributed by atoms with Crippen molar-refractivity contribution >= 4 is 23.8 Å². The Bertz CT molecular complexity index is 674. The number of rotatable bonds is 4. The number of benzene rings is 1. The summed E-state index contributed by atoms with van der Waals surface area (Å²) in [7, 11) is 0. The highest BCUT2D eigenvalue weighted by Gasteiger charge is 2.13. The first kappa shape index (κ1) is 16.2. The largest absolute Gasteiger partial charge is 0.380 e. The average molecular weight is 313 g/mol. The Kier molecular flexibility index (Phi) is 5.27. The van der Waals surface area contributed by atoms with Gasteiger partial charge in [-0.15, -0.1) is 16.9 Å². The molecule has 0 amide bonds. The lowest BCUT2D eigenvalue weighted by Crippen LogP contribution is -2.14. The average Bonchev–Trinajstić information content (AvgIpc) is 2.48. The van der Waals surface area contributed by atoms with Gasteiger partial charge in [0, 0.05) is 27.6 Å². The third-order valence-corrected chi connectivity index (χ3v) is 3.73. The monoisotopic (exact) mass is 313 g/mol. The van der Waals surface area contributed by atoms with E-state index in [1.54, 1.807) is 36.6 Å². The number of hydrogen-bond acceptors (Lipinski definition) is 5. The maximum Gasteiger partial charge on any atom is 0.173 e. The zero-order valence-electron chi connectivity index (χ0n) is 12.9. The van der Waals surface area contributed by atoms with Crippen molar-refractivity contribution in [1.82, 2.24) is 9.97 Å². The van der Waals surface area contributed by atoms with E-state index in [0.717, 1.165) is 10.5 Å². The van der Waals surface area contributed by atoms with Gasteiger partial charge in [-0.25, -0.2) is 4.98 Å². The van der Waals surface area contributed by atoms with Crippen molar-refractivity contribution in [1.29, 1.82) is 0 Å². The van der Waals surface area contributed by atoms with E-state index in [9.17, 15) is 0 Å². The second kappa shape index (κ2) is 7.17. The maximum atomic E-state index is 5.83. The molecule has 0 saturated heterocycles. The molecule has 5 nitrogen and oxygen atoms in total. The van der Waals surface area contributed by atoms with E-state index in [2.05, 4.69) is 47.0 Å². The summed E-state index contributed by atoms with van der Waals surface area (Å²) in [5, 5.41) is 8.04. The Labute approximate surface area is 134 Å². The van der Waals surface area contributed by atoms with Crippen LogP contribution in [-0.2, 0) is 0 Å². The van der Waals surface area contributed by atoms with Crippen molar-refractivity contribution in [2.75, 3.05) is 0 Å². The zero-order chi connectivity index (χ0) is 16.0. The van der Waals surface area contributed by atoms with Crippen molar-refractivity contribution in [3.63, 3.8) is 0 Å². The molecule has 2 rings (SSSR count). The lowest BCUT2D eigenvalue weighted by atomic mass is 10.2. The highest BCUT2D eigenvalue weighted by molar-refractivity contribution is 8.00. The molecule has 6 heteroatoms. The molecule has 2 aromatic rings. The van der Waals surface area contributed by atoms with E-state index in [1.165, 1.54) is 0 Å². The summed E-state index contributed by atoms with van der Waals surface area (Å²) in [6.45, 7) is 6.53. The van der Waals surface area contributed by atoms with Crippen molar-refractivity contribution in [3.8, 4) is 0 Å². The topological polar surface area (TPSA) is 76.5 Å². The highest BCUT2D eigenvalue weighted by Crippen LogP contribution is 2.33. The van der Waals surface area contributed by atoms with Gasteiger partial charge in [0.05, 0.1) is 12.4 Å². The van der Waals surface area contributed by atoms with Gasteiger partial charge in [0.25, 0.3) is 0 Å². The minimum absolute atomic E-state index is 0.131. The van der Waals surface area contributed by atoms with Gasteiger partial charge in [0.1, 0.15) is 5.69 Å². The molecule has 0 bridgehead atoms. The smallest absolute Gasteiger partial charge is 0.173 e. The van der Waals surface area contributed by atoms with Gasteiger partial charge in [-0.05, 0) is 6.07 Å². The maximum absolute atomic E-state index is 5.83. The van der Waals surface area contributed by atoms with Crippen molar-refractivity contribution in [2.45, 2.75) is 30.4 Å². The molecule has 1 aromatic carbocycles. The SMILES string of the molecule is CC(C)(C)Sc1ccccc1/C=N/N=C(\N)c1cnccn1. The van der Waals surface area contributed by atoms with Crippen LogP contribution in [0.1, 0.15) is 32.0 Å². The van der Waals surface area contributed by atoms with Gasteiger partial charge >= 0.3 is 0 Å². The first-order chi connectivity index (χ1) is 10.5. The standard InChI is InChI=1S/C16H19N5S/c1-16(2,3)22-14-7-5-4-6-12(14)10-20-21-15(17)13-11-18-8-9-19-13/h4-11H,1-3H3,(H2,17,21)/b20-10+. The van der Waals surface area contributed by atoms with Crippen LogP contribution in [0.5, 0.6) is 0 Å². The fraction of sp³-hybridized carbons (Fsp3) is 0.250. The molecular weight excluding hydrogens is 294 g/mol. The lowest BCUT2D eigenvalue weighted by molar-refractivity contribution is 0.802. The van der Waals surface area contributed by atoms with Crippen molar-refractivity contribution < 1.29 is 0 Å². The minimum Gasteiger partial charge on any atom is -0.380 e. The van der Waals surface area contributed by atoms with Crippen LogP contribution in [0.3, 0.4) is 0 Å². The quantitative estimate of drug-likeness (QED) is 0.407. The molecule has 0 aliphatic carbocycles. The molecule has 22 heavy (non-hydrogen) atoms. The highest BCUT2D eigenvalue weighted by atomic mass is 32.2. The molecule has 114 valence electrons. The van der Waals surface area contributed by atoms with Gasteiger partial charge in [-0.1, -0.05) is 39.0 Å². The van der Waals surface area contributed by atoms with E-state index in [4.69, 9.17) is 5.73 Å². The van der Waals surface area contributed by atoms with Crippen LogP contribution in [-0.4, -0.2) is 26.8 Å². The summed E-state index contributed by atoms with van der Waals surface area (Å²) in [5.41, 5.74) is 7.35. The van der Waals surface area contributed by atoms with E-state index in [0.29, 0.717) is 5.69 Å². The molecule has 0 fully saturated rings. The molecule has 0 atom stereocenters. The molecule has 0 radical (unpaired) electrons. The summed E-state index contributed by atoms with van der Waals surface area (Å²) < 4.78 is 0.131. The minimum atomic E-state index is 0.131. The normalized spacial score (nSPS) is 12.8. The Hall–Kier alpha value is -2.21. The second-order valence-electron chi connectivity index (χ2n) is 5.57. The Morgan fingerprint density at radius 2 is 2.00 bits per heavy atom. The van der Waals surface area contributed by atoms with Gasteiger partial charge in [-0.2, -0.15) is 5.10 Å². The number of thioether (sulfide) groups is 1. The van der Waals surface area contributed by atoms with Crippen LogP contribution in [0, 0.1) is 0 Å². The van der Waals surface area contributed by atoms with Gasteiger partial charge < -0.3 is 5.73 Å². The molecule has 0 aliphatic rings. The predicted molar refractivity (Wildman–Crippen MR) is 92.4 cm³/mol. The van der Waals surface area contributed by atoms with Crippen LogP contribution in [0.2, 0.25) is 0 Å². The molecular formula is C16H19N5S. The third kappa shape index (κ3) is 4.96. The lowest BCUT2D eigenvalue weighted by Gasteiger charge is -2.18. The second-order valence-corrected chi connectivity index (χ2v) is 7.44. The van der Waals surface area contributed by atoms with Gasteiger partial charge in [-0.3, -0.25) is 4.98 Å². The molecule has 1 aromatic heterocycles. The number of nitrogens with two attached hydrogens (primary N) is 1. The fourth-order valence-corrected chi connectivity index (χ4v) is 2.69. The summed E-state index contributed by atoms with van der Waals surface area (Å²) in [6, 6.07) is 8.07. The molecule has 0 saturated carbocycles. The molecule has 2 N–H and O–H groups in total. The molecule has 0 unspecified atom stereocenters. The van der Waals surface area contributed by atoms with Crippen molar-refractivity contribution in [3.05, 3.63) is 54.1 Å². The van der Waals surface area contributed by atoms with Crippen LogP contribution in [0.25, 0.3) is 0 Å². The van der Waals surface area contributed by atoms with Crippen LogP contribution in [0.15, 0.2) is 58.0 Å². The summed E-state index contributed by atoms with van der Waals surface area (Å²) >= 11 is 1.79. The van der Waals surface area contributed by atoms with Crippen molar-refractivity contribution in [2.24, 2.45) is 15.9 Å². The molecule has 0 spiro atoms. The Morgan fingerprint density at radius 1 is 1.23 bits per heavy atom. The van der Waals surface area contributed by atoms with E-state index in [-0.39, 0.29) is 10.6 Å². The molecule has 0 aliphatic heterocycles. The van der Waals surface area contributed by atoms with Crippen LogP contribution in [0.4, 0.5) is 0 Å². The number of nitrogens with zero attached hydrogens (tertiary/aromatic N) is 4. The summed E-state index contributed by atoms with van der Waals surface area (Å²) in [4.78, 5) is 9.18.